The van der Waals surface area contributed by atoms with E-state index in [0.717, 1.165) is 5.56 Å². The lowest BCUT2D eigenvalue weighted by molar-refractivity contribution is -0.156. The molecule has 0 spiro atoms. The Balaban J connectivity index is 1.77. The molecule has 1 aromatic carbocycles. The summed E-state index contributed by atoms with van der Waals surface area (Å²) in [5.41, 5.74) is 0.318. The lowest BCUT2D eigenvalue weighted by atomic mass is 10.1. The third kappa shape index (κ3) is 11.4. The normalized spacial score (nSPS) is 12.1. The molecule has 1 N–H and O–H groups in total. The second-order valence-electron chi connectivity index (χ2n) is 11.6. The molecule has 0 unspecified atom stereocenters. The van der Waals surface area contributed by atoms with Gasteiger partial charge in [-0.3, -0.25) is 19.2 Å². The van der Waals surface area contributed by atoms with E-state index in [1.165, 1.54) is 0 Å². The Morgan fingerprint density at radius 2 is 1.29 bits per heavy atom. The van der Waals surface area contributed by atoms with Gasteiger partial charge in [0.1, 0.15) is 35.9 Å². The highest BCUT2D eigenvalue weighted by Gasteiger charge is 2.21. The van der Waals surface area contributed by atoms with Gasteiger partial charge in [-0.1, -0.05) is 12.1 Å². The SMILES string of the molecule is CC(C)(C)OC(=O)Cn1ccnc1CN(CCc1ccc(N[SH](=O)=O)cc1)Cc1nccn1CC(=O)OC(C)(C)C. The van der Waals surface area contributed by atoms with Crippen LogP contribution in [-0.4, -0.2) is 62.1 Å². The number of anilines is 1. The van der Waals surface area contributed by atoms with Crippen LogP contribution in [0, 0.1) is 0 Å². The van der Waals surface area contributed by atoms with E-state index in [4.69, 9.17) is 9.47 Å². The molecule has 0 fully saturated rings. The van der Waals surface area contributed by atoms with Crippen molar-refractivity contribution in [1.29, 1.82) is 0 Å². The maximum atomic E-state index is 12.5. The van der Waals surface area contributed by atoms with Crippen LogP contribution in [-0.2, 0) is 62.6 Å². The van der Waals surface area contributed by atoms with Crippen molar-refractivity contribution >= 4 is 28.5 Å². The maximum absolute atomic E-state index is 12.5. The van der Waals surface area contributed by atoms with Crippen molar-refractivity contribution in [1.82, 2.24) is 24.0 Å². The van der Waals surface area contributed by atoms with Gasteiger partial charge in [-0.15, -0.1) is 0 Å². The first-order valence-corrected chi connectivity index (χ1v) is 14.5. The molecular weight excluding hydrogens is 548 g/mol. The van der Waals surface area contributed by atoms with E-state index in [-0.39, 0.29) is 25.0 Å². The van der Waals surface area contributed by atoms with Crippen molar-refractivity contribution in [3.8, 4) is 0 Å². The van der Waals surface area contributed by atoms with Gasteiger partial charge >= 0.3 is 11.9 Å². The Bertz CT molecular complexity index is 1300. The molecule has 0 atom stereocenters. The van der Waals surface area contributed by atoms with E-state index in [9.17, 15) is 18.0 Å². The van der Waals surface area contributed by atoms with Crippen molar-refractivity contribution in [3.05, 3.63) is 66.3 Å². The van der Waals surface area contributed by atoms with E-state index < -0.39 is 22.1 Å². The van der Waals surface area contributed by atoms with Crippen LogP contribution < -0.4 is 4.72 Å². The highest BCUT2D eigenvalue weighted by atomic mass is 32.2. The predicted octanol–water partition coefficient (Wildman–Crippen LogP) is 2.95. The number of carbonyl (C=O) groups is 2. The smallest absolute Gasteiger partial charge is 0.326 e. The number of nitrogens with one attached hydrogen (secondary N) is 1. The molecule has 0 aliphatic carbocycles. The third-order valence-corrected chi connectivity index (χ3v) is 6.10. The monoisotopic (exact) mass is 588 g/mol. The van der Waals surface area contributed by atoms with Gasteiger partial charge in [0.2, 0.25) is 10.9 Å². The first-order chi connectivity index (χ1) is 19.2. The number of rotatable bonds is 13. The first kappa shape index (κ1) is 31.8. The molecule has 0 radical (unpaired) electrons. The number of benzene rings is 1. The molecule has 0 bridgehead atoms. The van der Waals surface area contributed by atoms with Gasteiger partial charge in [0.05, 0.1) is 13.1 Å². The largest absolute Gasteiger partial charge is 0.459 e. The number of nitrogens with zero attached hydrogens (tertiary/aromatic N) is 5. The zero-order valence-corrected chi connectivity index (χ0v) is 25.4. The van der Waals surface area contributed by atoms with Crippen molar-refractivity contribution in [2.24, 2.45) is 0 Å². The molecule has 224 valence electrons. The Kier molecular flexibility index (Phi) is 10.7. The summed E-state index contributed by atoms with van der Waals surface area (Å²) in [6.07, 6.45) is 7.44. The fraction of sp³-hybridized carbons (Fsp3) is 0.500. The minimum atomic E-state index is -2.73. The molecule has 41 heavy (non-hydrogen) atoms. The fourth-order valence-corrected chi connectivity index (χ4v) is 4.41. The van der Waals surface area contributed by atoms with E-state index in [2.05, 4.69) is 19.6 Å². The first-order valence-electron chi connectivity index (χ1n) is 13.3. The van der Waals surface area contributed by atoms with Gasteiger partial charge in [-0.05, 0) is 65.7 Å². The number of esters is 2. The van der Waals surface area contributed by atoms with Crippen LogP contribution in [0.3, 0.4) is 0 Å². The van der Waals surface area contributed by atoms with Crippen LogP contribution >= 0.6 is 0 Å². The van der Waals surface area contributed by atoms with E-state index in [1.54, 1.807) is 46.1 Å². The Labute approximate surface area is 242 Å². The molecular formula is C28H40N6O6S. The maximum Gasteiger partial charge on any atom is 0.326 e. The minimum absolute atomic E-state index is 0.0319. The Morgan fingerprint density at radius 3 is 1.71 bits per heavy atom. The number of aromatic nitrogens is 4. The molecule has 2 heterocycles. The summed E-state index contributed by atoms with van der Waals surface area (Å²) in [6, 6.07) is 7.16. The summed E-state index contributed by atoms with van der Waals surface area (Å²) < 4.78 is 38.7. The topological polar surface area (TPSA) is 138 Å². The zero-order chi connectivity index (χ0) is 30.2. The van der Waals surface area contributed by atoms with Crippen LogP contribution in [0.15, 0.2) is 49.1 Å². The van der Waals surface area contributed by atoms with Gasteiger partial charge in [0, 0.05) is 37.0 Å². The van der Waals surface area contributed by atoms with Crippen LogP contribution in [0.5, 0.6) is 0 Å². The van der Waals surface area contributed by atoms with Gasteiger partial charge in [-0.25, -0.2) is 18.4 Å². The molecule has 13 heteroatoms. The van der Waals surface area contributed by atoms with Crippen LogP contribution in [0.2, 0.25) is 0 Å². The molecule has 2 aromatic heterocycles. The summed E-state index contributed by atoms with van der Waals surface area (Å²) in [5.74, 6) is 0.647. The van der Waals surface area contributed by atoms with Gasteiger partial charge < -0.3 is 18.6 Å². The van der Waals surface area contributed by atoms with Crippen LogP contribution in [0.1, 0.15) is 58.8 Å². The molecule has 12 nitrogen and oxygen atoms in total. The standard InChI is InChI=1S/C28H40N6O6S/c1-27(2,3)39-25(35)19-33-15-12-29-23(33)17-32(14-11-21-7-9-22(10-8-21)31-41(37)38)18-24-30-13-16-34(24)20-26(36)40-28(4,5)6/h7-10,12-13,15-16,41H,11,14,17-20H2,1-6H3,(H,31,37,38). The number of imidazole rings is 2. The second kappa shape index (κ2) is 13.8. The highest BCUT2D eigenvalue weighted by molar-refractivity contribution is 7.73. The van der Waals surface area contributed by atoms with E-state index in [1.807, 2.05) is 53.7 Å². The van der Waals surface area contributed by atoms with E-state index >= 15 is 0 Å². The molecule has 0 aliphatic rings. The molecule has 0 saturated carbocycles. The summed E-state index contributed by atoms with van der Waals surface area (Å²) in [5, 5.41) is 0. The second-order valence-corrected chi connectivity index (χ2v) is 12.4. The fourth-order valence-electron chi connectivity index (χ4n) is 4.05. The van der Waals surface area contributed by atoms with Crippen molar-refractivity contribution in [2.75, 3.05) is 11.3 Å². The minimum Gasteiger partial charge on any atom is -0.459 e. The zero-order valence-electron chi connectivity index (χ0n) is 24.5. The summed E-state index contributed by atoms with van der Waals surface area (Å²) in [4.78, 5) is 36.1. The van der Waals surface area contributed by atoms with Crippen molar-refractivity contribution < 1.29 is 27.5 Å². The van der Waals surface area contributed by atoms with Gasteiger partial charge in [0.15, 0.2) is 0 Å². The van der Waals surface area contributed by atoms with Gasteiger partial charge in [0.25, 0.3) is 0 Å². The third-order valence-electron chi connectivity index (χ3n) is 5.66. The lowest BCUT2D eigenvalue weighted by Crippen LogP contribution is -2.31. The summed E-state index contributed by atoms with van der Waals surface area (Å²) in [7, 11) is -2.73. The number of hydrogen-bond donors (Lipinski definition) is 2. The average Bonchev–Trinajstić information content (AvgIpc) is 3.44. The average molecular weight is 589 g/mol. The summed E-state index contributed by atoms with van der Waals surface area (Å²) in [6.45, 7) is 12.4. The van der Waals surface area contributed by atoms with Crippen molar-refractivity contribution in [2.45, 2.75) is 85.3 Å². The van der Waals surface area contributed by atoms with Crippen LogP contribution in [0.25, 0.3) is 0 Å². The number of hydrogen-bond acceptors (Lipinski definition) is 9. The molecule has 0 saturated heterocycles. The lowest BCUT2D eigenvalue weighted by Gasteiger charge is -2.24. The summed E-state index contributed by atoms with van der Waals surface area (Å²) >= 11 is 0. The van der Waals surface area contributed by atoms with Crippen LogP contribution in [0.4, 0.5) is 5.69 Å². The quantitative estimate of drug-likeness (QED) is 0.228. The number of thiol groups is 1. The Hall–Kier alpha value is -3.71. The number of carbonyl (C=O) groups excluding carboxylic acids is 2. The molecule has 0 amide bonds. The highest BCUT2D eigenvalue weighted by Crippen LogP contribution is 2.15. The van der Waals surface area contributed by atoms with Gasteiger partial charge in [-0.2, -0.15) is 0 Å². The van der Waals surface area contributed by atoms with E-state index in [0.29, 0.717) is 43.4 Å². The Morgan fingerprint density at radius 1 is 0.829 bits per heavy atom. The molecule has 3 aromatic rings. The molecule has 3 rings (SSSR count). The molecule has 0 aliphatic heterocycles. The number of ether oxygens (including phenoxy) is 2. The van der Waals surface area contributed by atoms with Crippen molar-refractivity contribution in [3.63, 3.8) is 0 Å². The predicted molar refractivity (Wildman–Crippen MR) is 154 cm³/mol.